The Morgan fingerprint density at radius 2 is 1.39 bits per heavy atom. The maximum atomic E-state index is 13.3. The summed E-state index contributed by atoms with van der Waals surface area (Å²) in [7, 11) is -2.24. The maximum absolute atomic E-state index is 13.3. The molecule has 33 heavy (non-hydrogen) atoms. The van der Waals surface area contributed by atoms with Gasteiger partial charge >= 0.3 is 0 Å². The third-order valence-corrected chi connectivity index (χ3v) is 9.15. The molecule has 9 heteroatoms. The molecule has 3 fully saturated rings. The monoisotopic (exact) mass is 477 g/mol. The highest BCUT2D eigenvalue weighted by Crippen LogP contribution is 2.30. The van der Waals surface area contributed by atoms with Gasteiger partial charge in [0.2, 0.25) is 21.8 Å². The zero-order valence-electron chi connectivity index (χ0n) is 19.4. The average Bonchev–Trinajstić information content (AvgIpc) is 3.20. The van der Waals surface area contributed by atoms with Gasteiger partial charge in [-0.15, -0.1) is 0 Å². The van der Waals surface area contributed by atoms with E-state index in [1.54, 1.807) is 17.0 Å². The van der Waals surface area contributed by atoms with E-state index in [0.717, 1.165) is 25.9 Å². The zero-order chi connectivity index (χ0) is 23.4. The van der Waals surface area contributed by atoms with Crippen LogP contribution in [0, 0.1) is 5.92 Å². The van der Waals surface area contributed by atoms with Crippen molar-refractivity contribution < 1.29 is 22.7 Å². The van der Waals surface area contributed by atoms with Crippen LogP contribution in [-0.2, 0) is 19.6 Å². The van der Waals surface area contributed by atoms with E-state index in [4.69, 9.17) is 4.74 Å². The minimum Gasteiger partial charge on any atom is -0.497 e. The van der Waals surface area contributed by atoms with E-state index in [0.29, 0.717) is 51.1 Å². The van der Waals surface area contributed by atoms with Crippen molar-refractivity contribution in [3.05, 3.63) is 24.3 Å². The van der Waals surface area contributed by atoms with Crippen molar-refractivity contribution in [1.29, 1.82) is 0 Å². The van der Waals surface area contributed by atoms with Crippen molar-refractivity contribution in [3.63, 3.8) is 0 Å². The lowest BCUT2D eigenvalue weighted by Crippen LogP contribution is -2.51. The maximum Gasteiger partial charge on any atom is 0.243 e. The molecule has 3 aliphatic heterocycles. The summed E-state index contributed by atoms with van der Waals surface area (Å²) in [5.41, 5.74) is 0. The number of amides is 2. The summed E-state index contributed by atoms with van der Waals surface area (Å²) in [6, 6.07) is 5.61. The molecule has 0 spiro atoms. The molecule has 1 atom stereocenters. The minimum absolute atomic E-state index is 0.0325. The molecule has 1 aromatic carbocycles. The number of piperidine rings is 1. The number of hydrogen-bond donors (Lipinski definition) is 0. The number of carbonyl (C=O) groups is 2. The Hall–Kier alpha value is -2.13. The molecule has 182 valence electrons. The fourth-order valence-electron chi connectivity index (χ4n) is 5.26. The van der Waals surface area contributed by atoms with Gasteiger partial charge in [0.1, 0.15) is 11.8 Å². The van der Waals surface area contributed by atoms with Crippen LogP contribution >= 0.6 is 0 Å². The SMILES string of the molecule is COc1ccc(S(=O)(=O)N2CCC[C@@H]2C(=O)N2CCC(C(=O)N3CCCCCC3)CC2)cc1. The van der Waals surface area contributed by atoms with Gasteiger partial charge in [-0.2, -0.15) is 4.31 Å². The highest BCUT2D eigenvalue weighted by molar-refractivity contribution is 7.89. The second-order valence-corrected chi connectivity index (χ2v) is 11.2. The van der Waals surface area contributed by atoms with E-state index in [1.165, 1.54) is 36.4 Å². The number of methoxy groups -OCH3 is 1. The Labute approximate surface area is 196 Å². The fraction of sp³-hybridized carbons (Fsp3) is 0.667. The number of rotatable bonds is 5. The topological polar surface area (TPSA) is 87.2 Å². The van der Waals surface area contributed by atoms with Gasteiger partial charge in [0.15, 0.2) is 0 Å². The lowest BCUT2D eigenvalue weighted by Gasteiger charge is -2.36. The molecule has 3 heterocycles. The van der Waals surface area contributed by atoms with E-state index in [-0.39, 0.29) is 22.6 Å². The average molecular weight is 478 g/mol. The molecule has 1 aromatic rings. The summed E-state index contributed by atoms with van der Waals surface area (Å²) in [5.74, 6) is 0.647. The molecule has 0 unspecified atom stereocenters. The van der Waals surface area contributed by atoms with E-state index in [9.17, 15) is 18.0 Å². The molecule has 0 saturated carbocycles. The van der Waals surface area contributed by atoms with Crippen molar-refractivity contribution in [2.75, 3.05) is 39.8 Å². The molecule has 0 radical (unpaired) electrons. The lowest BCUT2D eigenvalue weighted by atomic mass is 9.94. The van der Waals surface area contributed by atoms with Crippen LogP contribution in [0.5, 0.6) is 5.75 Å². The van der Waals surface area contributed by atoms with Crippen LogP contribution in [0.3, 0.4) is 0 Å². The molecule has 0 bridgehead atoms. The standard InChI is InChI=1S/C24H35N3O5S/c1-32-20-8-10-21(11-9-20)33(30,31)27-16-6-7-22(27)24(29)26-17-12-19(13-18-26)23(28)25-14-4-2-3-5-15-25/h8-11,19,22H,2-7,12-18H2,1H3/t22-/m1/s1. The molecule has 2 amide bonds. The first kappa shape index (κ1) is 24.0. The van der Waals surface area contributed by atoms with Gasteiger partial charge in [-0.1, -0.05) is 12.8 Å². The highest BCUT2D eigenvalue weighted by Gasteiger charge is 2.42. The summed E-state index contributed by atoms with van der Waals surface area (Å²) in [4.78, 5) is 30.2. The first-order chi connectivity index (χ1) is 15.9. The van der Waals surface area contributed by atoms with Gasteiger partial charge in [-0.25, -0.2) is 8.42 Å². The predicted octanol–water partition coefficient (Wildman–Crippen LogP) is 2.49. The van der Waals surface area contributed by atoms with E-state index >= 15 is 0 Å². The second kappa shape index (κ2) is 10.4. The summed E-state index contributed by atoms with van der Waals surface area (Å²) >= 11 is 0. The molecular formula is C24H35N3O5S. The van der Waals surface area contributed by atoms with Gasteiger partial charge in [0.25, 0.3) is 0 Å². The molecule has 0 aliphatic carbocycles. The highest BCUT2D eigenvalue weighted by atomic mass is 32.2. The summed E-state index contributed by atoms with van der Waals surface area (Å²) in [6.45, 7) is 3.05. The van der Waals surface area contributed by atoms with Crippen LogP contribution in [0.25, 0.3) is 0 Å². The van der Waals surface area contributed by atoms with Crippen LogP contribution < -0.4 is 4.74 Å². The van der Waals surface area contributed by atoms with Crippen LogP contribution in [0.2, 0.25) is 0 Å². The van der Waals surface area contributed by atoms with Crippen LogP contribution in [0.1, 0.15) is 51.4 Å². The first-order valence-electron chi connectivity index (χ1n) is 12.2. The van der Waals surface area contributed by atoms with E-state index in [1.807, 2.05) is 4.90 Å². The first-order valence-corrected chi connectivity index (χ1v) is 13.6. The summed E-state index contributed by atoms with van der Waals surface area (Å²) in [6.07, 6.45) is 7.02. The molecule has 8 nitrogen and oxygen atoms in total. The van der Waals surface area contributed by atoms with Crippen molar-refractivity contribution >= 4 is 21.8 Å². The van der Waals surface area contributed by atoms with Crippen LogP contribution in [0.4, 0.5) is 0 Å². The fourth-order valence-corrected chi connectivity index (χ4v) is 6.92. The molecule has 0 N–H and O–H groups in total. The second-order valence-electron chi connectivity index (χ2n) is 9.29. The molecule has 3 aliphatic rings. The number of nitrogens with zero attached hydrogens (tertiary/aromatic N) is 3. The molecule has 0 aromatic heterocycles. The van der Waals surface area contributed by atoms with Crippen molar-refractivity contribution in [3.8, 4) is 5.75 Å². The number of carbonyl (C=O) groups excluding carboxylic acids is 2. The Balaban J connectivity index is 1.38. The smallest absolute Gasteiger partial charge is 0.243 e. The van der Waals surface area contributed by atoms with E-state index in [2.05, 4.69) is 0 Å². The van der Waals surface area contributed by atoms with Crippen LogP contribution in [-0.4, -0.2) is 80.2 Å². The van der Waals surface area contributed by atoms with Crippen molar-refractivity contribution in [1.82, 2.24) is 14.1 Å². The number of ether oxygens (including phenoxy) is 1. The molecule has 4 rings (SSSR count). The Morgan fingerprint density at radius 1 is 0.788 bits per heavy atom. The van der Waals surface area contributed by atoms with Gasteiger partial charge in [0, 0.05) is 38.6 Å². The quantitative estimate of drug-likeness (QED) is 0.650. The van der Waals surface area contributed by atoms with Gasteiger partial charge < -0.3 is 14.5 Å². The number of likely N-dealkylation sites (tertiary alicyclic amines) is 2. The molecular weight excluding hydrogens is 442 g/mol. The zero-order valence-corrected chi connectivity index (χ0v) is 20.3. The molecule has 3 saturated heterocycles. The van der Waals surface area contributed by atoms with Gasteiger partial charge in [-0.05, 0) is 62.8 Å². The van der Waals surface area contributed by atoms with Gasteiger partial charge in [0.05, 0.1) is 12.0 Å². The Bertz CT molecular complexity index is 933. The lowest BCUT2D eigenvalue weighted by molar-refractivity contribution is -0.142. The largest absolute Gasteiger partial charge is 0.497 e. The Kier molecular flexibility index (Phi) is 7.58. The minimum atomic E-state index is -3.77. The third-order valence-electron chi connectivity index (χ3n) is 7.23. The number of sulfonamides is 1. The van der Waals surface area contributed by atoms with Crippen molar-refractivity contribution in [2.24, 2.45) is 5.92 Å². The summed E-state index contributed by atoms with van der Waals surface area (Å²) in [5, 5.41) is 0. The van der Waals surface area contributed by atoms with Crippen LogP contribution in [0.15, 0.2) is 29.2 Å². The summed E-state index contributed by atoms with van der Waals surface area (Å²) < 4.78 is 33.0. The number of hydrogen-bond acceptors (Lipinski definition) is 5. The predicted molar refractivity (Wildman–Crippen MR) is 124 cm³/mol. The third kappa shape index (κ3) is 5.19. The van der Waals surface area contributed by atoms with Crippen molar-refractivity contribution in [2.45, 2.75) is 62.3 Å². The van der Waals surface area contributed by atoms with Gasteiger partial charge in [-0.3, -0.25) is 9.59 Å². The number of benzene rings is 1. The normalized spacial score (nSPS) is 23.4. The Morgan fingerprint density at radius 3 is 2.00 bits per heavy atom. The van der Waals surface area contributed by atoms with E-state index < -0.39 is 16.1 Å².